The van der Waals surface area contributed by atoms with E-state index in [4.69, 9.17) is 4.42 Å². The van der Waals surface area contributed by atoms with Gasteiger partial charge in [-0.05, 0) is 23.6 Å². The molecule has 1 fully saturated rings. The fraction of sp³-hybridized carbons (Fsp3) is 0.476. The van der Waals surface area contributed by atoms with E-state index in [2.05, 4.69) is 51.0 Å². The Balaban J connectivity index is 1.32. The van der Waals surface area contributed by atoms with Gasteiger partial charge in [0, 0.05) is 43.5 Å². The predicted octanol–water partition coefficient (Wildman–Crippen LogP) is 3.54. The maximum atomic E-state index is 12.8. The first-order valence-electron chi connectivity index (χ1n) is 10.2. The minimum absolute atomic E-state index is 0.161. The van der Waals surface area contributed by atoms with Crippen molar-refractivity contribution in [2.45, 2.75) is 38.0 Å². The first kappa shape index (κ1) is 21.1. The average molecular weight is 446 g/mol. The van der Waals surface area contributed by atoms with Crippen LogP contribution in [0.1, 0.15) is 36.2 Å². The molecule has 7 nitrogen and oxygen atoms in total. The average Bonchev–Trinajstić information content (AvgIpc) is 3.50. The molecular weight excluding hydrogens is 418 g/mol. The van der Waals surface area contributed by atoms with Crippen molar-refractivity contribution in [3.63, 3.8) is 0 Å². The van der Waals surface area contributed by atoms with Crippen molar-refractivity contribution in [2.24, 2.45) is 0 Å². The van der Waals surface area contributed by atoms with Crippen molar-refractivity contribution >= 4 is 29.0 Å². The second kappa shape index (κ2) is 9.80. The van der Waals surface area contributed by atoms with E-state index in [0.29, 0.717) is 12.3 Å². The van der Waals surface area contributed by atoms with E-state index in [1.165, 1.54) is 16.6 Å². The number of hydrogen-bond donors (Lipinski definition) is 0. The highest BCUT2D eigenvalue weighted by molar-refractivity contribution is 7.99. The minimum Gasteiger partial charge on any atom is -0.467 e. The molecule has 9 heteroatoms. The van der Waals surface area contributed by atoms with Crippen LogP contribution in [0.25, 0.3) is 0 Å². The Morgan fingerprint density at radius 1 is 1.17 bits per heavy atom. The first-order valence-corrected chi connectivity index (χ1v) is 12.1. The molecule has 3 aromatic heterocycles. The topological polar surface area (TPSA) is 67.4 Å². The highest BCUT2D eigenvalue weighted by Gasteiger charge is 2.23. The van der Waals surface area contributed by atoms with Crippen molar-refractivity contribution in [3.8, 4) is 0 Å². The number of carbonyl (C=O) groups excluding carboxylic acids is 1. The van der Waals surface area contributed by atoms with Crippen molar-refractivity contribution in [1.82, 2.24) is 24.6 Å². The third-order valence-corrected chi connectivity index (χ3v) is 6.98. The summed E-state index contributed by atoms with van der Waals surface area (Å²) < 4.78 is 7.56. The van der Waals surface area contributed by atoms with Crippen LogP contribution in [0.15, 0.2) is 45.5 Å². The third-order valence-electron chi connectivity index (χ3n) is 5.17. The number of thioether (sulfide) groups is 1. The molecule has 3 aromatic rings. The molecule has 30 heavy (non-hydrogen) atoms. The van der Waals surface area contributed by atoms with E-state index in [0.717, 1.165) is 49.5 Å². The summed E-state index contributed by atoms with van der Waals surface area (Å²) in [7, 11) is 0. The largest absolute Gasteiger partial charge is 0.467 e. The molecule has 4 rings (SSSR count). The predicted molar refractivity (Wildman–Crippen MR) is 119 cm³/mol. The maximum Gasteiger partial charge on any atom is 0.233 e. The molecule has 0 unspecified atom stereocenters. The van der Waals surface area contributed by atoms with Crippen LogP contribution in [0, 0.1) is 0 Å². The van der Waals surface area contributed by atoms with Crippen molar-refractivity contribution in [1.29, 1.82) is 0 Å². The van der Waals surface area contributed by atoms with E-state index in [1.54, 1.807) is 17.6 Å². The minimum atomic E-state index is 0.161. The normalized spacial score (nSPS) is 15.2. The molecule has 4 heterocycles. The molecular formula is C21H27N5O2S2. The van der Waals surface area contributed by atoms with Crippen LogP contribution in [-0.2, 0) is 17.9 Å². The Morgan fingerprint density at radius 3 is 2.67 bits per heavy atom. The summed E-state index contributed by atoms with van der Waals surface area (Å²) in [6, 6.07) is 8.08. The van der Waals surface area contributed by atoms with Crippen LogP contribution in [0.2, 0.25) is 0 Å². The standard InChI is InChI=1S/C21H27N5O2S2/c1-16(2)20-22-23-21(26(20)13-17-5-3-11-28-17)30-15-19(27)25-9-7-24(8-10-25)14-18-6-4-12-29-18/h3-6,11-12,16H,7-10,13-15H2,1-2H3. The summed E-state index contributed by atoms with van der Waals surface area (Å²) in [5.74, 6) is 2.54. The van der Waals surface area contributed by atoms with Crippen molar-refractivity contribution in [2.75, 3.05) is 31.9 Å². The third kappa shape index (κ3) is 5.14. The van der Waals surface area contributed by atoms with Gasteiger partial charge in [-0.2, -0.15) is 0 Å². The smallest absolute Gasteiger partial charge is 0.233 e. The SMILES string of the molecule is CC(C)c1nnc(SCC(=O)N2CCN(Cc3cccs3)CC2)n1Cc1ccco1. The van der Waals surface area contributed by atoms with E-state index < -0.39 is 0 Å². The summed E-state index contributed by atoms with van der Waals surface area (Å²) in [6.07, 6.45) is 1.67. The van der Waals surface area contributed by atoms with Crippen molar-refractivity contribution < 1.29 is 9.21 Å². The second-order valence-corrected chi connectivity index (χ2v) is 9.66. The van der Waals surface area contributed by atoms with E-state index in [1.807, 2.05) is 17.0 Å². The zero-order valence-electron chi connectivity index (χ0n) is 17.4. The van der Waals surface area contributed by atoms with Gasteiger partial charge in [0.2, 0.25) is 5.91 Å². The Labute approximate surface area is 185 Å². The van der Waals surface area contributed by atoms with Gasteiger partial charge in [-0.3, -0.25) is 14.3 Å². The molecule has 1 amide bonds. The number of thiophene rings is 1. The molecule has 160 valence electrons. The fourth-order valence-electron chi connectivity index (χ4n) is 3.54. The lowest BCUT2D eigenvalue weighted by Gasteiger charge is -2.34. The lowest BCUT2D eigenvalue weighted by molar-refractivity contribution is -0.130. The second-order valence-electron chi connectivity index (χ2n) is 7.69. The number of nitrogens with zero attached hydrogens (tertiary/aromatic N) is 5. The van der Waals surface area contributed by atoms with Gasteiger partial charge in [0.15, 0.2) is 5.16 Å². The van der Waals surface area contributed by atoms with Gasteiger partial charge < -0.3 is 9.32 Å². The number of amides is 1. The van der Waals surface area contributed by atoms with E-state index in [-0.39, 0.29) is 11.8 Å². The van der Waals surface area contributed by atoms with Crippen LogP contribution in [0.3, 0.4) is 0 Å². The number of carbonyl (C=O) groups is 1. The van der Waals surface area contributed by atoms with Gasteiger partial charge in [-0.25, -0.2) is 0 Å². The first-order chi connectivity index (χ1) is 14.6. The van der Waals surface area contributed by atoms with E-state index >= 15 is 0 Å². The van der Waals surface area contributed by atoms with Crippen LogP contribution >= 0.6 is 23.1 Å². The molecule has 0 radical (unpaired) electrons. The number of piperazine rings is 1. The van der Waals surface area contributed by atoms with Gasteiger partial charge in [-0.15, -0.1) is 21.5 Å². The molecule has 0 atom stereocenters. The molecule has 0 bridgehead atoms. The van der Waals surface area contributed by atoms with Gasteiger partial charge in [0.25, 0.3) is 0 Å². The summed E-state index contributed by atoms with van der Waals surface area (Å²) in [4.78, 5) is 18.5. The molecule has 0 aromatic carbocycles. The van der Waals surface area contributed by atoms with Crippen LogP contribution in [0.5, 0.6) is 0 Å². The zero-order valence-corrected chi connectivity index (χ0v) is 19.0. The molecule has 0 saturated carbocycles. The maximum absolute atomic E-state index is 12.8. The van der Waals surface area contributed by atoms with Gasteiger partial charge in [0.05, 0.1) is 18.6 Å². The van der Waals surface area contributed by atoms with Crippen LogP contribution < -0.4 is 0 Å². The molecule has 1 saturated heterocycles. The molecule has 0 N–H and O–H groups in total. The summed E-state index contributed by atoms with van der Waals surface area (Å²) in [6.45, 7) is 9.13. The number of furan rings is 1. The number of aromatic nitrogens is 3. The quantitative estimate of drug-likeness (QED) is 0.494. The highest BCUT2D eigenvalue weighted by atomic mass is 32.2. The summed E-state index contributed by atoms with van der Waals surface area (Å²) >= 11 is 3.25. The summed E-state index contributed by atoms with van der Waals surface area (Å²) in [5, 5.41) is 11.6. The van der Waals surface area contributed by atoms with Crippen LogP contribution in [-0.4, -0.2) is 62.4 Å². The molecule has 1 aliphatic heterocycles. The fourth-order valence-corrected chi connectivity index (χ4v) is 5.13. The Kier molecular flexibility index (Phi) is 6.91. The van der Waals surface area contributed by atoms with Gasteiger partial charge >= 0.3 is 0 Å². The number of rotatable bonds is 8. The van der Waals surface area contributed by atoms with Crippen LogP contribution in [0.4, 0.5) is 0 Å². The molecule has 0 aliphatic carbocycles. The summed E-state index contributed by atoms with van der Waals surface area (Å²) in [5.41, 5.74) is 0. The highest BCUT2D eigenvalue weighted by Crippen LogP contribution is 2.23. The number of hydrogen-bond acceptors (Lipinski definition) is 7. The molecule has 1 aliphatic rings. The van der Waals surface area contributed by atoms with E-state index in [9.17, 15) is 4.79 Å². The van der Waals surface area contributed by atoms with Crippen molar-refractivity contribution in [3.05, 3.63) is 52.4 Å². The van der Waals surface area contributed by atoms with Gasteiger partial charge in [0.1, 0.15) is 11.6 Å². The molecule has 0 spiro atoms. The monoisotopic (exact) mass is 445 g/mol. The lowest BCUT2D eigenvalue weighted by Crippen LogP contribution is -2.48. The zero-order chi connectivity index (χ0) is 20.9. The Morgan fingerprint density at radius 2 is 2.00 bits per heavy atom. The Hall–Kier alpha value is -2.10. The van der Waals surface area contributed by atoms with Gasteiger partial charge in [-0.1, -0.05) is 31.7 Å². The lowest BCUT2D eigenvalue weighted by atomic mass is 10.2. The Bertz CT molecular complexity index is 929.